The van der Waals surface area contributed by atoms with Gasteiger partial charge in [0.05, 0.1) is 6.42 Å². The number of hydrogen-bond acceptors (Lipinski definition) is 5. The maximum absolute atomic E-state index is 13.0. The standard InChI is InChI=1S/C21H25N5O2/c1-13-7-5-8-16(22-13)19(28)26-10-6-9-21(3,12-26)20-23-14(2)15-11-17(27)25(4)18(15)24-20/h5,7-8H,6,9-12H2,1-4H3/t21-/m1/s1. The number of anilines is 1. The summed E-state index contributed by atoms with van der Waals surface area (Å²) in [4.78, 5) is 42.4. The molecule has 0 spiro atoms. The van der Waals surface area contributed by atoms with Gasteiger partial charge in [0.2, 0.25) is 5.91 Å². The van der Waals surface area contributed by atoms with Crippen LogP contribution in [0.5, 0.6) is 0 Å². The number of likely N-dealkylation sites (tertiary alicyclic amines) is 1. The molecule has 2 aromatic heterocycles. The predicted octanol–water partition coefficient (Wildman–Crippen LogP) is 2.20. The summed E-state index contributed by atoms with van der Waals surface area (Å²) in [7, 11) is 1.76. The number of fused-ring (bicyclic) bond motifs is 1. The van der Waals surface area contributed by atoms with Crippen molar-refractivity contribution in [2.45, 2.75) is 45.4 Å². The van der Waals surface area contributed by atoms with E-state index in [1.807, 2.05) is 30.9 Å². The van der Waals surface area contributed by atoms with Crippen molar-refractivity contribution in [3.63, 3.8) is 0 Å². The van der Waals surface area contributed by atoms with Crippen LogP contribution in [0.15, 0.2) is 18.2 Å². The Balaban J connectivity index is 1.64. The number of rotatable bonds is 2. The van der Waals surface area contributed by atoms with Crippen LogP contribution in [0, 0.1) is 13.8 Å². The molecule has 0 unspecified atom stereocenters. The lowest BCUT2D eigenvalue weighted by molar-refractivity contribution is -0.117. The molecular weight excluding hydrogens is 354 g/mol. The van der Waals surface area contributed by atoms with Gasteiger partial charge in [-0.1, -0.05) is 13.0 Å². The van der Waals surface area contributed by atoms with Crippen LogP contribution in [0.4, 0.5) is 5.82 Å². The number of pyridine rings is 1. The minimum atomic E-state index is -0.357. The lowest BCUT2D eigenvalue weighted by atomic mass is 9.80. The number of amides is 2. The van der Waals surface area contributed by atoms with Crippen LogP contribution in [0.25, 0.3) is 0 Å². The fraction of sp³-hybridized carbons (Fsp3) is 0.476. The number of piperidine rings is 1. The molecule has 2 amide bonds. The van der Waals surface area contributed by atoms with Crippen LogP contribution in [0.2, 0.25) is 0 Å². The third-order valence-electron chi connectivity index (χ3n) is 5.84. The first-order valence-corrected chi connectivity index (χ1v) is 9.66. The third-order valence-corrected chi connectivity index (χ3v) is 5.84. The second-order valence-corrected chi connectivity index (χ2v) is 8.12. The Morgan fingerprint density at radius 1 is 1.18 bits per heavy atom. The number of nitrogens with zero attached hydrogens (tertiary/aromatic N) is 5. The molecule has 7 nitrogen and oxygen atoms in total. The van der Waals surface area contributed by atoms with Crippen molar-refractivity contribution in [1.82, 2.24) is 19.9 Å². The zero-order chi connectivity index (χ0) is 20.1. The first kappa shape index (κ1) is 18.5. The molecule has 4 rings (SSSR count). The van der Waals surface area contributed by atoms with Gasteiger partial charge in [0.1, 0.15) is 17.3 Å². The summed E-state index contributed by atoms with van der Waals surface area (Å²) in [6.07, 6.45) is 2.13. The molecule has 146 valence electrons. The number of aromatic nitrogens is 3. The Morgan fingerprint density at radius 3 is 2.71 bits per heavy atom. The highest BCUT2D eigenvalue weighted by molar-refractivity contribution is 6.00. The molecule has 4 heterocycles. The largest absolute Gasteiger partial charge is 0.336 e. The second-order valence-electron chi connectivity index (χ2n) is 8.12. The summed E-state index contributed by atoms with van der Waals surface area (Å²) in [6.45, 7) is 7.16. The maximum atomic E-state index is 13.0. The fourth-order valence-electron chi connectivity index (χ4n) is 4.14. The molecule has 0 aliphatic carbocycles. The zero-order valence-corrected chi connectivity index (χ0v) is 16.8. The molecule has 0 radical (unpaired) electrons. The average molecular weight is 379 g/mol. The van der Waals surface area contributed by atoms with Gasteiger partial charge in [0, 0.05) is 42.5 Å². The molecule has 0 bridgehead atoms. The average Bonchev–Trinajstić information content (AvgIpc) is 2.96. The van der Waals surface area contributed by atoms with Crippen LogP contribution >= 0.6 is 0 Å². The fourth-order valence-corrected chi connectivity index (χ4v) is 4.14. The van der Waals surface area contributed by atoms with Gasteiger partial charge in [-0.2, -0.15) is 0 Å². The lowest BCUT2D eigenvalue weighted by Crippen LogP contribution is -2.48. The smallest absolute Gasteiger partial charge is 0.272 e. The minimum absolute atomic E-state index is 0.0423. The molecule has 2 aliphatic rings. The van der Waals surface area contributed by atoms with Gasteiger partial charge in [-0.3, -0.25) is 14.5 Å². The topological polar surface area (TPSA) is 79.3 Å². The SMILES string of the molecule is Cc1cccc(C(=O)N2CCC[C@@](C)(c3nc(C)c4c(n3)N(C)C(=O)C4)C2)n1. The minimum Gasteiger partial charge on any atom is -0.336 e. The van der Waals surface area contributed by atoms with E-state index in [0.717, 1.165) is 29.8 Å². The highest BCUT2D eigenvalue weighted by Gasteiger charge is 2.39. The van der Waals surface area contributed by atoms with Crippen LogP contribution in [0.1, 0.15) is 53.0 Å². The summed E-state index contributed by atoms with van der Waals surface area (Å²) in [6, 6.07) is 5.51. The molecular formula is C21H25N5O2. The van der Waals surface area contributed by atoms with Crippen LogP contribution in [-0.2, 0) is 16.6 Å². The molecule has 2 aromatic rings. The van der Waals surface area contributed by atoms with Gasteiger partial charge in [-0.05, 0) is 38.8 Å². The van der Waals surface area contributed by atoms with Crippen molar-refractivity contribution < 1.29 is 9.59 Å². The van der Waals surface area contributed by atoms with E-state index in [9.17, 15) is 9.59 Å². The third kappa shape index (κ3) is 3.04. The van der Waals surface area contributed by atoms with E-state index in [0.29, 0.717) is 36.8 Å². The predicted molar refractivity (Wildman–Crippen MR) is 105 cm³/mol. The Morgan fingerprint density at radius 2 is 1.96 bits per heavy atom. The number of carbonyl (C=O) groups excluding carboxylic acids is 2. The van der Waals surface area contributed by atoms with Gasteiger partial charge in [0.15, 0.2) is 0 Å². The van der Waals surface area contributed by atoms with Gasteiger partial charge in [-0.25, -0.2) is 15.0 Å². The normalized spacial score (nSPS) is 21.8. The Labute approximate surface area is 164 Å². The number of carbonyl (C=O) groups is 2. The summed E-state index contributed by atoms with van der Waals surface area (Å²) in [5.74, 6) is 1.40. The van der Waals surface area contributed by atoms with Crippen LogP contribution in [-0.4, -0.2) is 51.8 Å². The molecule has 0 aromatic carbocycles. The maximum Gasteiger partial charge on any atom is 0.272 e. The molecule has 1 saturated heterocycles. The van der Waals surface area contributed by atoms with Crippen molar-refractivity contribution in [1.29, 1.82) is 0 Å². The molecule has 1 fully saturated rings. The zero-order valence-electron chi connectivity index (χ0n) is 16.8. The van der Waals surface area contributed by atoms with E-state index in [1.54, 1.807) is 18.0 Å². The Bertz CT molecular complexity index is 973. The van der Waals surface area contributed by atoms with E-state index in [1.165, 1.54) is 0 Å². The molecule has 7 heteroatoms. The van der Waals surface area contributed by atoms with Gasteiger partial charge < -0.3 is 4.90 Å². The van der Waals surface area contributed by atoms with Crippen molar-refractivity contribution >= 4 is 17.6 Å². The molecule has 2 aliphatic heterocycles. The van der Waals surface area contributed by atoms with E-state index < -0.39 is 0 Å². The summed E-state index contributed by atoms with van der Waals surface area (Å²) >= 11 is 0. The first-order chi connectivity index (χ1) is 13.3. The second kappa shape index (κ2) is 6.65. The van der Waals surface area contributed by atoms with Gasteiger partial charge in [0.25, 0.3) is 5.91 Å². The van der Waals surface area contributed by atoms with Gasteiger partial charge in [-0.15, -0.1) is 0 Å². The van der Waals surface area contributed by atoms with Crippen LogP contribution < -0.4 is 4.90 Å². The molecule has 28 heavy (non-hydrogen) atoms. The Kier molecular flexibility index (Phi) is 4.40. The highest BCUT2D eigenvalue weighted by Crippen LogP contribution is 2.36. The van der Waals surface area contributed by atoms with E-state index in [2.05, 4.69) is 11.9 Å². The first-order valence-electron chi connectivity index (χ1n) is 9.66. The summed E-state index contributed by atoms with van der Waals surface area (Å²) in [5.41, 5.74) is 2.70. The quantitative estimate of drug-likeness (QED) is 0.799. The monoisotopic (exact) mass is 379 g/mol. The molecule has 0 saturated carbocycles. The Hall–Kier alpha value is -2.83. The van der Waals surface area contributed by atoms with Crippen molar-refractivity contribution in [2.75, 3.05) is 25.0 Å². The highest BCUT2D eigenvalue weighted by atomic mass is 16.2. The van der Waals surface area contributed by atoms with Crippen LogP contribution in [0.3, 0.4) is 0 Å². The van der Waals surface area contributed by atoms with Crippen molar-refractivity contribution in [3.05, 3.63) is 46.7 Å². The van der Waals surface area contributed by atoms with Crippen molar-refractivity contribution in [3.8, 4) is 0 Å². The summed E-state index contributed by atoms with van der Waals surface area (Å²) in [5, 5.41) is 0. The lowest BCUT2D eigenvalue weighted by Gasteiger charge is -2.39. The van der Waals surface area contributed by atoms with E-state index in [-0.39, 0.29) is 17.2 Å². The number of hydrogen-bond donors (Lipinski definition) is 0. The van der Waals surface area contributed by atoms with Crippen molar-refractivity contribution in [2.24, 2.45) is 0 Å². The molecule has 1 atom stereocenters. The number of aryl methyl sites for hydroxylation is 2. The van der Waals surface area contributed by atoms with E-state index in [4.69, 9.17) is 9.97 Å². The van der Waals surface area contributed by atoms with Gasteiger partial charge >= 0.3 is 0 Å². The van der Waals surface area contributed by atoms with E-state index >= 15 is 0 Å². The summed E-state index contributed by atoms with van der Waals surface area (Å²) < 4.78 is 0. The molecule has 0 N–H and O–H groups in total. The number of likely N-dealkylation sites (N-methyl/N-ethyl adjacent to an activating group) is 1.